The van der Waals surface area contributed by atoms with Gasteiger partial charge < -0.3 is 9.88 Å². The molecule has 2 aromatic carbocycles. The number of anilines is 2. The van der Waals surface area contributed by atoms with Gasteiger partial charge in [0.25, 0.3) is 0 Å². The highest BCUT2D eigenvalue weighted by Crippen LogP contribution is 2.42. The second-order valence-electron chi connectivity index (χ2n) is 7.25. The first-order chi connectivity index (χ1) is 15.0. The molecular formula is C23H17ClN4OS2. The van der Waals surface area contributed by atoms with Crippen LogP contribution in [0.4, 0.5) is 10.8 Å². The molecule has 2 aromatic heterocycles. The Morgan fingerprint density at radius 2 is 1.97 bits per heavy atom. The average molecular weight is 465 g/mol. The Bertz CT molecular complexity index is 1440. The summed E-state index contributed by atoms with van der Waals surface area (Å²) in [5, 5.41) is 4.84. The normalized spacial score (nSPS) is 14.6. The Kier molecular flexibility index (Phi) is 5.09. The van der Waals surface area contributed by atoms with Gasteiger partial charge in [0, 0.05) is 29.5 Å². The molecule has 0 aliphatic heterocycles. The first-order valence-electron chi connectivity index (χ1n) is 9.60. The number of aryl methyl sites for hydroxylation is 1. The third-order valence-electron chi connectivity index (χ3n) is 5.20. The van der Waals surface area contributed by atoms with Crippen LogP contribution in [0.25, 0.3) is 12.2 Å². The minimum Gasteiger partial charge on any atom is -0.332 e. The van der Waals surface area contributed by atoms with Crippen LogP contribution >= 0.6 is 35.2 Å². The number of hydrogen-bond donors (Lipinski definition) is 2. The molecule has 0 spiro atoms. The maximum absolute atomic E-state index is 12.1. The molecule has 0 amide bonds. The van der Waals surface area contributed by atoms with Crippen LogP contribution in [-0.2, 0) is 7.05 Å². The van der Waals surface area contributed by atoms with Gasteiger partial charge in [-0.15, -0.1) is 0 Å². The van der Waals surface area contributed by atoms with Crippen molar-refractivity contribution < 1.29 is 0 Å². The third-order valence-corrected chi connectivity index (χ3v) is 6.73. The molecule has 31 heavy (non-hydrogen) atoms. The molecule has 5 nitrogen and oxygen atoms in total. The number of aromatic amines is 1. The van der Waals surface area contributed by atoms with E-state index in [4.69, 9.17) is 28.8 Å². The summed E-state index contributed by atoms with van der Waals surface area (Å²) >= 11 is 13.4. The molecule has 1 aliphatic carbocycles. The molecule has 0 saturated heterocycles. The number of aromatic nitrogens is 3. The Balaban J connectivity index is 1.71. The fraction of sp³-hybridized carbons (Fsp3) is 0.0870. The highest BCUT2D eigenvalue weighted by molar-refractivity contribution is 7.71. The van der Waals surface area contributed by atoms with Crippen molar-refractivity contribution in [3.63, 3.8) is 0 Å². The first-order valence-corrected chi connectivity index (χ1v) is 11.2. The average Bonchev–Trinajstić information content (AvgIpc) is 3.08. The van der Waals surface area contributed by atoms with Crippen molar-refractivity contribution in [2.24, 2.45) is 7.05 Å². The molecule has 5 rings (SSSR count). The lowest BCUT2D eigenvalue weighted by molar-refractivity contribution is 0.770. The van der Waals surface area contributed by atoms with Gasteiger partial charge in [0.2, 0.25) is 0 Å². The summed E-state index contributed by atoms with van der Waals surface area (Å²) < 4.78 is 1.92. The fourth-order valence-corrected chi connectivity index (χ4v) is 5.10. The Morgan fingerprint density at radius 1 is 1.16 bits per heavy atom. The molecule has 0 fully saturated rings. The third kappa shape index (κ3) is 3.76. The zero-order valence-corrected chi connectivity index (χ0v) is 18.8. The van der Waals surface area contributed by atoms with E-state index in [1.165, 1.54) is 4.57 Å². The molecule has 0 bridgehead atoms. The summed E-state index contributed by atoms with van der Waals surface area (Å²) in [7, 11) is 1.71. The van der Waals surface area contributed by atoms with E-state index in [1.807, 2.05) is 48.5 Å². The number of nitrogens with one attached hydrogen (secondary N) is 2. The number of fused-ring (bicyclic) bond motifs is 2. The van der Waals surface area contributed by atoms with E-state index in [2.05, 4.69) is 22.5 Å². The smallest absolute Gasteiger partial charge is 0.326 e. The molecule has 0 saturated carbocycles. The van der Waals surface area contributed by atoms with Gasteiger partial charge in [-0.25, -0.2) is 9.78 Å². The van der Waals surface area contributed by atoms with E-state index < -0.39 is 0 Å². The second-order valence-corrected chi connectivity index (χ2v) is 9.13. The fourth-order valence-electron chi connectivity index (χ4n) is 3.74. The number of para-hydroxylation sites is 1. The molecule has 0 radical (unpaired) electrons. The Morgan fingerprint density at radius 3 is 2.77 bits per heavy atom. The highest BCUT2D eigenvalue weighted by Gasteiger charge is 2.29. The Hall–Kier alpha value is -3.00. The van der Waals surface area contributed by atoms with Crippen molar-refractivity contribution in [2.75, 3.05) is 5.32 Å². The predicted molar refractivity (Wildman–Crippen MR) is 130 cm³/mol. The van der Waals surface area contributed by atoms with Crippen LogP contribution in [0.3, 0.4) is 0 Å². The minimum absolute atomic E-state index is 0.240. The van der Waals surface area contributed by atoms with Crippen molar-refractivity contribution in [2.45, 2.75) is 5.92 Å². The van der Waals surface area contributed by atoms with Crippen LogP contribution in [0, 0.1) is 4.64 Å². The lowest BCUT2D eigenvalue weighted by atomic mass is 9.88. The van der Waals surface area contributed by atoms with Crippen molar-refractivity contribution in [3.8, 4) is 0 Å². The lowest BCUT2D eigenvalue weighted by Crippen LogP contribution is -2.22. The zero-order chi connectivity index (χ0) is 21.5. The van der Waals surface area contributed by atoms with Crippen molar-refractivity contribution in [3.05, 3.63) is 102 Å². The number of thiazole rings is 1. The molecule has 154 valence electrons. The van der Waals surface area contributed by atoms with Crippen LogP contribution in [0.1, 0.15) is 33.2 Å². The van der Waals surface area contributed by atoms with Crippen LogP contribution < -0.4 is 11.0 Å². The quantitative estimate of drug-likeness (QED) is 0.323. The number of benzene rings is 2. The van der Waals surface area contributed by atoms with Crippen molar-refractivity contribution >= 4 is 58.1 Å². The zero-order valence-electron chi connectivity index (χ0n) is 16.4. The van der Waals surface area contributed by atoms with E-state index in [0.29, 0.717) is 9.66 Å². The van der Waals surface area contributed by atoms with Crippen LogP contribution in [-0.4, -0.2) is 14.5 Å². The number of H-pyrrole nitrogens is 1. The van der Waals surface area contributed by atoms with E-state index in [0.717, 1.165) is 38.1 Å². The molecule has 8 heteroatoms. The molecular weight excluding hydrogens is 448 g/mol. The van der Waals surface area contributed by atoms with Gasteiger partial charge in [-0.3, -0.25) is 4.98 Å². The summed E-state index contributed by atoms with van der Waals surface area (Å²) in [6.07, 6.45) is 5.91. The number of halogens is 1. The molecule has 1 aliphatic rings. The van der Waals surface area contributed by atoms with Gasteiger partial charge in [-0.1, -0.05) is 65.5 Å². The summed E-state index contributed by atoms with van der Waals surface area (Å²) in [6.45, 7) is 0. The lowest BCUT2D eigenvalue weighted by Gasteiger charge is -2.19. The predicted octanol–water partition coefficient (Wildman–Crippen LogP) is 5.96. The Labute approximate surface area is 192 Å². The van der Waals surface area contributed by atoms with Gasteiger partial charge in [0.05, 0.1) is 16.5 Å². The van der Waals surface area contributed by atoms with E-state index in [-0.39, 0.29) is 11.6 Å². The van der Waals surface area contributed by atoms with Crippen LogP contribution in [0.2, 0.25) is 5.02 Å². The molecule has 2 heterocycles. The molecule has 2 N–H and O–H groups in total. The highest BCUT2D eigenvalue weighted by atomic mass is 35.5. The topological polar surface area (TPSA) is 62.7 Å². The molecule has 4 aromatic rings. The first kappa shape index (κ1) is 19.9. The summed E-state index contributed by atoms with van der Waals surface area (Å²) in [5.41, 5.74) is 4.47. The SMILES string of the molecule is Cn1cc(C2c3ccc(Cl)cc3C=Cc3sc(Nc4ccccc4)nc32)c(=S)[nH]c1=O. The standard InChI is InChI=1S/C23H17ClN4OS2/c1-28-12-17(21(30)27-23(28)29)19-16-9-8-14(24)11-13(16)7-10-18-20(19)26-22(31-18)25-15-5-3-2-4-6-15/h2-12,19H,1H3,(H,25,26)(H,27,29,30). The maximum atomic E-state index is 12.1. The largest absolute Gasteiger partial charge is 0.332 e. The van der Waals surface area contributed by atoms with E-state index >= 15 is 0 Å². The van der Waals surface area contributed by atoms with E-state index in [9.17, 15) is 4.79 Å². The summed E-state index contributed by atoms with van der Waals surface area (Å²) in [5.74, 6) is -0.240. The summed E-state index contributed by atoms with van der Waals surface area (Å²) in [4.78, 5) is 20.8. The minimum atomic E-state index is -0.248. The van der Waals surface area contributed by atoms with Crippen molar-refractivity contribution in [1.29, 1.82) is 0 Å². The van der Waals surface area contributed by atoms with Gasteiger partial charge in [-0.2, -0.15) is 0 Å². The van der Waals surface area contributed by atoms with Crippen LogP contribution in [0.15, 0.2) is 59.5 Å². The van der Waals surface area contributed by atoms with Gasteiger partial charge >= 0.3 is 5.69 Å². The summed E-state index contributed by atoms with van der Waals surface area (Å²) in [6, 6.07) is 15.8. The van der Waals surface area contributed by atoms with Crippen molar-refractivity contribution in [1.82, 2.24) is 14.5 Å². The molecule has 1 atom stereocenters. The number of nitrogens with zero attached hydrogens (tertiary/aromatic N) is 2. The van der Waals surface area contributed by atoms with Gasteiger partial charge in [-0.05, 0) is 41.5 Å². The maximum Gasteiger partial charge on any atom is 0.326 e. The van der Waals surface area contributed by atoms with E-state index in [1.54, 1.807) is 24.6 Å². The van der Waals surface area contributed by atoms with Gasteiger partial charge in [0.1, 0.15) is 4.64 Å². The number of hydrogen-bond acceptors (Lipinski definition) is 5. The van der Waals surface area contributed by atoms with Gasteiger partial charge in [0.15, 0.2) is 5.13 Å². The second kappa shape index (κ2) is 7.92. The molecule has 1 unspecified atom stereocenters. The monoisotopic (exact) mass is 464 g/mol. The van der Waals surface area contributed by atoms with Crippen LogP contribution in [0.5, 0.6) is 0 Å². The number of rotatable bonds is 3.